The molecule has 0 radical (unpaired) electrons. The molecule has 1 amide bonds. The zero-order valence-corrected chi connectivity index (χ0v) is 19.6. The van der Waals surface area contributed by atoms with Gasteiger partial charge in [-0.05, 0) is 12.3 Å². The maximum Gasteiger partial charge on any atom is 0.305 e. The lowest BCUT2D eigenvalue weighted by Gasteiger charge is -2.53. The second kappa shape index (κ2) is 8.80. The minimum absolute atomic E-state index is 0.0385. The van der Waals surface area contributed by atoms with E-state index in [0.717, 1.165) is 0 Å². The molecule has 8 N–H and O–H groups in total. The quantitative estimate of drug-likeness (QED) is 0.104. The number of hydrogen-bond acceptors (Lipinski definition) is 11. The number of hydrogen-bond donors (Lipinski definition) is 7. The van der Waals surface area contributed by atoms with Gasteiger partial charge in [0.25, 0.3) is 5.91 Å². The number of aliphatic hydroxyl groups excluding tert-OH is 4. The number of Topliss-reactive ketones (excluding diaryl/α,β-unsaturated/α-hetero) is 2. The molecule has 36 heavy (non-hydrogen) atoms. The van der Waals surface area contributed by atoms with Crippen molar-refractivity contribution in [3.8, 4) is 0 Å². The summed E-state index contributed by atoms with van der Waals surface area (Å²) in [6.45, 7) is 3.16. The maximum absolute atomic E-state index is 13.7. The molecule has 12 heteroatoms. The number of ether oxygens (including phenoxy) is 1. The number of ketones is 2. The van der Waals surface area contributed by atoms with Gasteiger partial charge in [-0.1, -0.05) is 25.5 Å². The highest BCUT2D eigenvalue weighted by Crippen LogP contribution is 2.56. The predicted molar refractivity (Wildman–Crippen MR) is 118 cm³/mol. The molecule has 12 nitrogen and oxygen atoms in total. The zero-order chi connectivity index (χ0) is 26.9. The van der Waals surface area contributed by atoms with Crippen LogP contribution in [0.25, 0.3) is 0 Å². The minimum Gasteiger partial charge on any atom is -0.511 e. The molecule has 196 valence electrons. The highest BCUT2D eigenvalue weighted by molar-refractivity contribution is 6.24. The largest absolute Gasteiger partial charge is 0.511 e. The van der Waals surface area contributed by atoms with Gasteiger partial charge in [0.1, 0.15) is 23.2 Å². The maximum atomic E-state index is 13.7. The Morgan fingerprint density at radius 1 is 1.25 bits per heavy atom. The van der Waals surface area contributed by atoms with Crippen LogP contribution in [0.2, 0.25) is 0 Å². The molecule has 4 aliphatic carbocycles. The van der Waals surface area contributed by atoms with Crippen LogP contribution < -0.4 is 5.73 Å². The van der Waals surface area contributed by atoms with Gasteiger partial charge in [-0.15, -0.1) is 0 Å². The molecule has 0 heterocycles. The Kier molecular flexibility index (Phi) is 6.36. The average Bonchev–Trinajstić information content (AvgIpc) is 2.80. The first-order chi connectivity index (χ1) is 16.8. The molecule has 0 spiro atoms. The molecule has 0 aromatic carbocycles. The number of allylic oxidation sites excluding steroid dienone is 2. The van der Waals surface area contributed by atoms with E-state index in [2.05, 4.69) is 0 Å². The molecule has 0 aromatic heterocycles. The third kappa shape index (κ3) is 3.43. The summed E-state index contributed by atoms with van der Waals surface area (Å²) in [6.07, 6.45) is -3.90. The monoisotopic (exact) mass is 507 g/mol. The molecular formula is C24H29NO11. The van der Waals surface area contributed by atoms with Gasteiger partial charge in [-0.2, -0.15) is 0 Å². The van der Waals surface area contributed by atoms with Crippen LogP contribution >= 0.6 is 0 Å². The van der Waals surface area contributed by atoms with Crippen LogP contribution in [0.1, 0.15) is 33.1 Å². The van der Waals surface area contributed by atoms with E-state index >= 15 is 0 Å². The molecule has 4 unspecified atom stereocenters. The van der Waals surface area contributed by atoms with Crippen LogP contribution in [0, 0.1) is 29.6 Å². The first-order valence-electron chi connectivity index (χ1n) is 11.7. The fourth-order valence-electron chi connectivity index (χ4n) is 6.25. The first kappa shape index (κ1) is 26.0. The van der Waals surface area contributed by atoms with Gasteiger partial charge in [0, 0.05) is 36.2 Å². The lowest BCUT2D eigenvalue weighted by atomic mass is 9.53. The molecule has 1 fully saturated rings. The topological polar surface area (TPSA) is 225 Å². The average molecular weight is 507 g/mol. The van der Waals surface area contributed by atoms with Gasteiger partial charge in [-0.3, -0.25) is 19.2 Å². The minimum atomic E-state index is -2.92. The van der Waals surface area contributed by atoms with E-state index in [1.807, 2.05) is 0 Å². The van der Waals surface area contributed by atoms with E-state index in [0.29, 0.717) is 5.57 Å². The number of nitrogens with two attached hydrogens (primary N) is 1. The lowest BCUT2D eigenvalue weighted by molar-refractivity contribution is -0.178. The number of fused-ring (bicyclic) bond motifs is 3. The van der Waals surface area contributed by atoms with E-state index in [4.69, 9.17) is 10.5 Å². The van der Waals surface area contributed by atoms with Crippen LogP contribution in [-0.2, 0) is 23.9 Å². The Hall–Kier alpha value is -3.06. The number of primary amides is 1. The summed E-state index contributed by atoms with van der Waals surface area (Å²) in [5, 5.41) is 63.4. The molecule has 1 saturated carbocycles. The van der Waals surface area contributed by atoms with Crippen molar-refractivity contribution in [1.29, 1.82) is 0 Å². The molecule has 4 rings (SSSR count). The van der Waals surface area contributed by atoms with Crippen LogP contribution in [0.5, 0.6) is 0 Å². The predicted octanol–water partition coefficient (Wildman–Crippen LogP) is -1.18. The fourth-order valence-corrected chi connectivity index (χ4v) is 6.25. The smallest absolute Gasteiger partial charge is 0.305 e. The Labute approximate surface area is 205 Å². The standard InChI is InChI=1S/C24H29NO11/c1-3-12(27)36-19-10-6-11(26)15(22(25)32)20(30)24(10,35)21(31)16-13(19)7(2)8-4-5-9(23(33)34)17(28)14(8)18(16)29/h4,7,9-10,13-14,17,19,23,26,28,31,33-35H,3,5-6H2,1-2H3,(H2,25,32)/t7?,9?,10-,13-,14?,17?,19-,24-/m1/s1. The van der Waals surface area contributed by atoms with Crippen molar-refractivity contribution < 1.29 is 54.6 Å². The number of aliphatic hydroxyl groups is 6. The molecule has 8 atom stereocenters. The third-order valence-corrected chi connectivity index (χ3v) is 8.07. The van der Waals surface area contributed by atoms with Gasteiger partial charge in [-0.25, -0.2) is 0 Å². The Bertz CT molecular complexity index is 1130. The van der Waals surface area contributed by atoms with Crippen molar-refractivity contribution in [3.05, 3.63) is 34.3 Å². The molecule has 0 aliphatic heterocycles. The fraction of sp³-hybridized carbons (Fsp3) is 0.583. The van der Waals surface area contributed by atoms with Crippen molar-refractivity contribution in [2.24, 2.45) is 35.3 Å². The highest BCUT2D eigenvalue weighted by atomic mass is 16.5. The van der Waals surface area contributed by atoms with Crippen LogP contribution in [-0.4, -0.2) is 78.2 Å². The van der Waals surface area contributed by atoms with Gasteiger partial charge >= 0.3 is 5.97 Å². The molecule has 4 aliphatic rings. The van der Waals surface area contributed by atoms with E-state index < -0.39 is 106 Å². The van der Waals surface area contributed by atoms with Crippen LogP contribution in [0.3, 0.4) is 0 Å². The first-order valence-corrected chi connectivity index (χ1v) is 11.7. The van der Waals surface area contributed by atoms with E-state index in [9.17, 15) is 49.8 Å². The number of amides is 1. The van der Waals surface area contributed by atoms with Crippen LogP contribution in [0.4, 0.5) is 0 Å². The van der Waals surface area contributed by atoms with Gasteiger partial charge < -0.3 is 41.1 Å². The SMILES string of the molecule is CCC(=O)O[C@@H]1[C@H]2CC(O)=C(C(N)=O)C(=O)[C@@]2(O)C(O)=C2C(=O)C3C(=CCC(C(O)O)C3O)C(C)[C@H]21. The second-order valence-corrected chi connectivity index (χ2v) is 9.83. The summed E-state index contributed by atoms with van der Waals surface area (Å²) in [4.78, 5) is 51.2. The zero-order valence-electron chi connectivity index (χ0n) is 19.6. The Morgan fingerprint density at radius 2 is 1.89 bits per heavy atom. The van der Waals surface area contributed by atoms with Crippen molar-refractivity contribution in [3.63, 3.8) is 0 Å². The number of rotatable bonds is 4. The summed E-state index contributed by atoms with van der Waals surface area (Å²) < 4.78 is 5.60. The third-order valence-electron chi connectivity index (χ3n) is 8.07. The van der Waals surface area contributed by atoms with E-state index in [1.165, 1.54) is 6.92 Å². The Morgan fingerprint density at radius 3 is 2.44 bits per heavy atom. The summed E-state index contributed by atoms with van der Waals surface area (Å²) in [5.41, 5.74) is 1.30. The van der Waals surface area contributed by atoms with Crippen molar-refractivity contribution in [2.75, 3.05) is 0 Å². The number of carbonyl (C=O) groups excluding carboxylic acids is 4. The van der Waals surface area contributed by atoms with Crippen LogP contribution in [0.15, 0.2) is 34.3 Å². The van der Waals surface area contributed by atoms with Gasteiger partial charge in [0.2, 0.25) is 5.78 Å². The summed E-state index contributed by atoms with van der Waals surface area (Å²) >= 11 is 0. The summed E-state index contributed by atoms with van der Waals surface area (Å²) in [7, 11) is 0. The van der Waals surface area contributed by atoms with E-state index in [-0.39, 0.29) is 12.8 Å². The van der Waals surface area contributed by atoms with Gasteiger partial charge in [0.15, 0.2) is 17.7 Å². The Balaban J connectivity index is 1.96. The second-order valence-electron chi connectivity index (χ2n) is 9.83. The molecule has 0 aromatic rings. The number of esters is 1. The van der Waals surface area contributed by atoms with Crippen molar-refractivity contribution in [2.45, 2.75) is 57.2 Å². The summed E-state index contributed by atoms with van der Waals surface area (Å²) in [6, 6.07) is 0. The molecule has 0 bridgehead atoms. The summed E-state index contributed by atoms with van der Waals surface area (Å²) in [5.74, 6) is -11.9. The van der Waals surface area contributed by atoms with E-state index in [1.54, 1.807) is 13.0 Å². The molecular weight excluding hydrogens is 478 g/mol. The normalized spacial score (nSPS) is 38.3. The lowest BCUT2D eigenvalue weighted by Crippen LogP contribution is -2.65. The van der Waals surface area contributed by atoms with Gasteiger partial charge in [0.05, 0.1) is 12.0 Å². The highest BCUT2D eigenvalue weighted by Gasteiger charge is 2.66. The van der Waals surface area contributed by atoms with Crippen molar-refractivity contribution in [1.82, 2.24) is 0 Å². The van der Waals surface area contributed by atoms with Crippen molar-refractivity contribution >= 4 is 23.4 Å². The molecule has 0 saturated heterocycles. The number of carbonyl (C=O) groups is 4.